The summed E-state index contributed by atoms with van der Waals surface area (Å²) >= 11 is 7.89. The molecule has 0 aliphatic heterocycles. The molecule has 1 heterocycles. The van der Waals surface area contributed by atoms with Crippen LogP contribution in [0.4, 0.5) is 5.13 Å². The van der Waals surface area contributed by atoms with Crippen LogP contribution < -0.4 is 10.2 Å². The number of aromatic nitrogens is 1. The minimum atomic E-state index is 0.333. The van der Waals surface area contributed by atoms with Gasteiger partial charge in [0.1, 0.15) is 0 Å². The Morgan fingerprint density at radius 1 is 1.42 bits per heavy atom. The van der Waals surface area contributed by atoms with Gasteiger partial charge in [-0.15, -0.1) is 11.3 Å². The molecule has 0 spiro atoms. The molecule has 1 aromatic heterocycles. The first-order valence-electron chi connectivity index (χ1n) is 6.19. The fourth-order valence-electron chi connectivity index (χ4n) is 1.75. The second kappa shape index (κ2) is 6.37. The van der Waals surface area contributed by atoms with Crippen LogP contribution in [0.25, 0.3) is 0 Å². The average Bonchev–Trinajstić information content (AvgIpc) is 2.90. The van der Waals surface area contributed by atoms with Crippen LogP contribution in [0.2, 0.25) is 5.02 Å². The van der Waals surface area contributed by atoms with Crippen molar-refractivity contribution >= 4 is 28.1 Å². The normalized spacial score (nSPS) is 12.4. The first-order chi connectivity index (χ1) is 9.11. The fraction of sp³-hybridized carbons (Fsp3) is 0.357. The van der Waals surface area contributed by atoms with E-state index in [0.717, 1.165) is 22.3 Å². The number of benzene rings is 1. The van der Waals surface area contributed by atoms with Crippen molar-refractivity contribution < 1.29 is 0 Å². The lowest BCUT2D eigenvalue weighted by molar-refractivity contribution is 0.662. The highest BCUT2D eigenvalue weighted by Crippen LogP contribution is 2.28. The third-order valence-electron chi connectivity index (χ3n) is 3.06. The van der Waals surface area contributed by atoms with E-state index < -0.39 is 0 Å². The number of rotatable bonds is 5. The lowest BCUT2D eigenvalue weighted by Crippen LogP contribution is -2.16. The van der Waals surface area contributed by atoms with Crippen molar-refractivity contribution in [2.24, 2.45) is 0 Å². The van der Waals surface area contributed by atoms with Crippen molar-refractivity contribution in [2.45, 2.75) is 19.5 Å². The molecule has 0 bridgehead atoms. The van der Waals surface area contributed by atoms with Gasteiger partial charge >= 0.3 is 0 Å². The number of anilines is 1. The Morgan fingerprint density at radius 3 is 2.84 bits per heavy atom. The summed E-state index contributed by atoms with van der Waals surface area (Å²) in [6, 6.07) is 8.25. The Bertz CT molecular complexity index is 541. The van der Waals surface area contributed by atoms with Crippen LogP contribution in [0.1, 0.15) is 23.4 Å². The minimum Gasteiger partial charge on any atom is -0.347 e. The second-order valence-electron chi connectivity index (χ2n) is 4.50. The average molecular weight is 296 g/mol. The van der Waals surface area contributed by atoms with Gasteiger partial charge in [0.05, 0.1) is 0 Å². The van der Waals surface area contributed by atoms with E-state index in [1.165, 1.54) is 4.88 Å². The van der Waals surface area contributed by atoms with Crippen molar-refractivity contribution in [1.82, 2.24) is 10.3 Å². The van der Waals surface area contributed by atoms with Gasteiger partial charge in [0.25, 0.3) is 0 Å². The SMILES string of the molecule is CNC(C)c1cnc(N(C)Cc2ccccc2Cl)s1. The van der Waals surface area contributed by atoms with Gasteiger partial charge < -0.3 is 10.2 Å². The molecule has 0 radical (unpaired) electrons. The van der Waals surface area contributed by atoms with Gasteiger partial charge in [-0.25, -0.2) is 4.98 Å². The molecule has 0 amide bonds. The van der Waals surface area contributed by atoms with E-state index in [1.807, 2.05) is 44.6 Å². The van der Waals surface area contributed by atoms with Gasteiger partial charge in [0.2, 0.25) is 0 Å². The van der Waals surface area contributed by atoms with E-state index >= 15 is 0 Å². The fourth-order valence-corrected chi connectivity index (χ4v) is 2.88. The van der Waals surface area contributed by atoms with Gasteiger partial charge in [-0.1, -0.05) is 29.8 Å². The highest BCUT2D eigenvalue weighted by Gasteiger charge is 2.12. The smallest absolute Gasteiger partial charge is 0.185 e. The van der Waals surface area contributed by atoms with Gasteiger partial charge in [0.15, 0.2) is 5.13 Å². The number of hydrogen-bond donors (Lipinski definition) is 1. The molecule has 19 heavy (non-hydrogen) atoms. The summed E-state index contributed by atoms with van der Waals surface area (Å²) in [4.78, 5) is 7.83. The van der Waals surface area contributed by atoms with E-state index in [-0.39, 0.29) is 0 Å². The standard InChI is InChI=1S/C14H18ClN3S/c1-10(16-2)13-8-17-14(19-13)18(3)9-11-6-4-5-7-12(11)15/h4-8,10,16H,9H2,1-3H3. The Labute approximate surface area is 123 Å². The Kier molecular flexibility index (Phi) is 4.80. The van der Waals surface area contributed by atoms with Gasteiger partial charge in [-0.05, 0) is 25.6 Å². The molecular formula is C14H18ClN3S. The molecule has 2 rings (SSSR count). The van der Waals surface area contributed by atoms with Crippen molar-refractivity contribution in [2.75, 3.05) is 19.0 Å². The van der Waals surface area contributed by atoms with Gasteiger partial charge in [0, 0.05) is 35.7 Å². The Hall–Kier alpha value is -1.10. The number of nitrogens with one attached hydrogen (secondary N) is 1. The molecule has 102 valence electrons. The Morgan fingerprint density at radius 2 is 2.16 bits per heavy atom. The molecule has 0 aliphatic rings. The first kappa shape index (κ1) is 14.3. The molecule has 1 atom stereocenters. The van der Waals surface area contributed by atoms with Gasteiger partial charge in [-0.3, -0.25) is 0 Å². The summed E-state index contributed by atoms with van der Waals surface area (Å²) in [5, 5.41) is 5.03. The number of thiazole rings is 1. The van der Waals surface area contributed by atoms with Crippen LogP contribution in [-0.4, -0.2) is 19.1 Å². The maximum absolute atomic E-state index is 6.18. The highest BCUT2D eigenvalue weighted by molar-refractivity contribution is 7.15. The summed E-state index contributed by atoms with van der Waals surface area (Å²) in [5.74, 6) is 0. The van der Waals surface area contributed by atoms with E-state index in [1.54, 1.807) is 11.3 Å². The van der Waals surface area contributed by atoms with Gasteiger partial charge in [-0.2, -0.15) is 0 Å². The molecule has 0 fully saturated rings. The van der Waals surface area contributed by atoms with Crippen LogP contribution in [0.3, 0.4) is 0 Å². The zero-order valence-corrected chi connectivity index (χ0v) is 12.9. The van der Waals surface area contributed by atoms with E-state index in [9.17, 15) is 0 Å². The largest absolute Gasteiger partial charge is 0.347 e. The summed E-state index contributed by atoms with van der Waals surface area (Å²) < 4.78 is 0. The van der Waals surface area contributed by atoms with Crippen LogP contribution >= 0.6 is 22.9 Å². The van der Waals surface area contributed by atoms with E-state index in [2.05, 4.69) is 22.1 Å². The number of halogens is 1. The molecule has 2 aromatic rings. The highest BCUT2D eigenvalue weighted by atomic mass is 35.5. The first-order valence-corrected chi connectivity index (χ1v) is 7.38. The number of hydrogen-bond acceptors (Lipinski definition) is 4. The topological polar surface area (TPSA) is 28.2 Å². The second-order valence-corrected chi connectivity index (χ2v) is 5.95. The van der Waals surface area contributed by atoms with E-state index in [4.69, 9.17) is 11.6 Å². The monoisotopic (exact) mass is 295 g/mol. The van der Waals surface area contributed by atoms with Crippen LogP contribution in [0.15, 0.2) is 30.5 Å². The maximum atomic E-state index is 6.18. The lowest BCUT2D eigenvalue weighted by atomic mass is 10.2. The third kappa shape index (κ3) is 3.47. The quantitative estimate of drug-likeness (QED) is 0.911. The summed E-state index contributed by atoms with van der Waals surface area (Å²) in [6.45, 7) is 2.89. The molecule has 5 heteroatoms. The molecule has 1 aromatic carbocycles. The molecule has 1 N–H and O–H groups in total. The lowest BCUT2D eigenvalue weighted by Gasteiger charge is -2.16. The zero-order valence-electron chi connectivity index (χ0n) is 11.4. The molecule has 3 nitrogen and oxygen atoms in total. The molecule has 1 unspecified atom stereocenters. The van der Waals surface area contributed by atoms with Crippen molar-refractivity contribution in [1.29, 1.82) is 0 Å². The Balaban J connectivity index is 2.10. The van der Waals surface area contributed by atoms with Crippen molar-refractivity contribution in [3.05, 3.63) is 45.9 Å². The zero-order chi connectivity index (χ0) is 13.8. The van der Waals surface area contributed by atoms with Crippen LogP contribution in [-0.2, 0) is 6.54 Å². The number of nitrogens with zero attached hydrogens (tertiary/aromatic N) is 2. The van der Waals surface area contributed by atoms with E-state index in [0.29, 0.717) is 6.04 Å². The van der Waals surface area contributed by atoms with Crippen LogP contribution in [0, 0.1) is 0 Å². The summed E-state index contributed by atoms with van der Waals surface area (Å²) in [5.41, 5.74) is 1.12. The molecular weight excluding hydrogens is 278 g/mol. The van der Waals surface area contributed by atoms with Crippen LogP contribution in [0.5, 0.6) is 0 Å². The van der Waals surface area contributed by atoms with Crippen molar-refractivity contribution in [3.8, 4) is 0 Å². The predicted molar refractivity (Wildman–Crippen MR) is 83.1 cm³/mol. The minimum absolute atomic E-state index is 0.333. The molecule has 0 saturated heterocycles. The predicted octanol–water partition coefficient (Wildman–Crippen LogP) is 3.71. The molecule has 0 saturated carbocycles. The third-order valence-corrected chi connectivity index (χ3v) is 4.73. The molecule has 0 aliphatic carbocycles. The summed E-state index contributed by atoms with van der Waals surface area (Å²) in [7, 11) is 3.99. The maximum Gasteiger partial charge on any atom is 0.185 e. The van der Waals surface area contributed by atoms with Crippen molar-refractivity contribution in [3.63, 3.8) is 0 Å². The summed E-state index contributed by atoms with van der Waals surface area (Å²) in [6.07, 6.45) is 1.93.